The van der Waals surface area contributed by atoms with E-state index in [0.717, 1.165) is 38.9 Å². The minimum Gasteiger partial charge on any atom is -0.438 e. The average Bonchev–Trinajstić information content (AvgIpc) is 3.61. The number of para-hydroxylation sites is 2. The Kier molecular flexibility index (Phi) is 4.87. The smallest absolute Gasteiger partial charge is 0.231 e. The van der Waals surface area contributed by atoms with Crippen LogP contribution in [-0.2, 0) is 0 Å². The lowest BCUT2D eigenvalue weighted by Gasteiger charge is -2.11. The Morgan fingerprint density at radius 2 is 1.24 bits per heavy atom. The van der Waals surface area contributed by atoms with Crippen molar-refractivity contribution in [3.63, 3.8) is 0 Å². The van der Waals surface area contributed by atoms with Crippen LogP contribution in [0.1, 0.15) is 0 Å². The summed E-state index contributed by atoms with van der Waals surface area (Å²) in [5.74, 6) is 0.633. The molecule has 0 N–H and O–H groups in total. The quantitative estimate of drug-likeness (QED) is 0.225. The highest BCUT2D eigenvalue weighted by molar-refractivity contribution is 6.21. The Hall–Kier alpha value is -5.74. The Balaban J connectivity index is 1.30. The molecular weight excluding hydrogens is 514 g/mol. The van der Waals surface area contributed by atoms with Crippen molar-refractivity contribution < 1.29 is 4.42 Å². The van der Waals surface area contributed by atoms with Gasteiger partial charge in [-0.1, -0.05) is 109 Å². The van der Waals surface area contributed by atoms with Crippen molar-refractivity contribution >= 4 is 54.6 Å². The third-order valence-corrected chi connectivity index (χ3v) is 8.21. The van der Waals surface area contributed by atoms with Crippen molar-refractivity contribution in [2.24, 2.45) is 0 Å². The van der Waals surface area contributed by atoms with Gasteiger partial charge in [-0.05, 0) is 41.1 Å². The first-order valence-electron chi connectivity index (χ1n) is 14.1. The molecule has 4 heteroatoms. The summed E-state index contributed by atoms with van der Waals surface area (Å²) in [4.78, 5) is 10.1. The van der Waals surface area contributed by atoms with Crippen LogP contribution in [-0.4, -0.2) is 14.5 Å². The SMILES string of the molecule is c1ccc(-c2nc(-c3cccc(-n4c5ccccc5c5c6ccccc6ccc54)c3)nc3oc4ccccc4c23)cc1. The number of furan rings is 1. The number of benzene rings is 6. The monoisotopic (exact) mass is 537 g/mol. The molecule has 6 aromatic carbocycles. The molecule has 9 rings (SSSR count). The predicted octanol–water partition coefficient (Wildman–Crippen LogP) is 9.96. The Morgan fingerprint density at radius 1 is 0.500 bits per heavy atom. The summed E-state index contributed by atoms with van der Waals surface area (Å²) in [6.07, 6.45) is 0. The van der Waals surface area contributed by atoms with E-state index in [-0.39, 0.29) is 0 Å². The van der Waals surface area contributed by atoms with Crippen LogP contribution in [0.25, 0.3) is 83.0 Å². The average molecular weight is 538 g/mol. The van der Waals surface area contributed by atoms with Crippen molar-refractivity contribution in [1.29, 1.82) is 0 Å². The molecule has 0 saturated heterocycles. The van der Waals surface area contributed by atoms with Crippen molar-refractivity contribution in [3.8, 4) is 28.3 Å². The molecule has 0 aliphatic heterocycles. The lowest BCUT2D eigenvalue weighted by Crippen LogP contribution is -1.97. The highest BCUT2D eigenvalue weighted by atomic mass is 16.3. The molecule has 0 atom stereocenters. The fourth-order valence-electron chi connectivity index (χ4n) is 6.36. The van der Waals surface area contributed by atoms with Gasteiger partial charge in [0.15, 0.2) is 5.82 Å². The fourth-order valence-corrected chi connectivity index (χ4v) is 6.36. The van der Waals surface area contributed by atoms with Gasteiger partial charge in [-0.3, -0.25) is 0 Å². The normalized spacial score (nSPS) is 11.8. The van der Waals surface area contributed by atoms with E-state index in [9.17, 15) is 0 Å². The Morgan fingerprint density at radius 3 is 2.14 bits per heavy atom. The fraction of sp³-hybridized carbons (Fsp3) is 0. The lowest BCUT2D eigenvalue weighted by molar-refractivity contribution is 0.653. The zero-order valence-corrected chi connectivity index (χ0v) is 22.5. The van der Waals surface area contributed by atoms with Gasteiger partial charge in [0.2, 0.25) is 5.71 Å². The molecule has 0 aliphatic carbocycles. The Bertz CT molecular complexity index is 2470. The second kappa shape index (κ2) is 8.88. The summed E-state index contributed by atoms with van der Waals surface area (Å²) >= 11 is 0. The standard InChI is InChI=1S/C38H23N3O/c1-2-12-25(13-3-1)36-35-30-18-7-9-20-33(30)42-38(35)40-37(39-36)26-14-10-15-27(23-26)41-31-19-8-6-17-29(31)34-28-16-5-4-11-24(28)21-22-32(34)41/h1-23H. The van der Waals surface area contributed by atoms with Crippen molar-refractivity contribution in [3.05, 3.63) is 140 Å². The summed E-state index contributed by atoms with van der Waals surface area (Å²) in [6.45, 7) is 0. The first-order valence-corrected chi connectivity index (χ1v) is 14.1. The van der Waals surface area contributed by atoms with Gasteiger partial charge >= 0.3 is 0 Å². The van der Waals surface area contributed by atoms with Crippen LogP contribution in [0.5, 0.6) is 0 Å². The van der Waals surface area contributed by atoms with Gasteiger partial charge in [-0.15, -0.1) is 0 Å². The molecule has 0 saturated carbocycles. The molecule has 3 aromatic heterocycles. The van der Waals surface area contributed by atoms with Gasteiger partial charge in [0.05, 0.1) is 22.1 Å². The van der Waals surface area contributed by atoms with E-state index in [4.69, 9.17) is 14.4 Å². The molecule has 0 spiro atoms. The summed E-state index contributed by atoms with van der Waals surface area (Å²) in [7, 11) is 0. The molecule has 42 heavy (non-hydrogen) atoms. The van der Waals surface area contributed by atoms with Crippen LogP contribution in [0.15, 0.2) is 144 Å². The highest BCUT2D eigenvalue weighted by Crippen LogP contribution is 2.39. The van der Waals surface area contributed by atoms with Gasteiger partial charge in [0.25, 0.3) is 0 Å². The zero-order valence-electron chi connectivity index (χ0n) is 22.5. The molecule has 0 aliphatic rings. The topological polar surface area (TPSA) is 43.9 Å². The van der Waals surface area contributed by atoms with Crippen LogP contribution < -0.4 is 0 Å². The molecule has 0 amide bonds. The maximum atomic E-state index is 6.28. The number of rotatable bonds is 3. The second-order valence-corrected chi connectivity index (χ2v) is 10.6. The van der Waals surface area contributed by atoms with E-state index in [0.29, 0.717) is 11.5 Å². The number of aromatic nitrogens is 3. The molecule has 0 unspecified atom stereocenters. The van der Waals surface area contributed by atoms with E-state index < -0.39 is 0 Å². The van der Waals surface area contributed by atoms with Crippen molar-refractivity contribution in [1.82, 2.24) is 14.5 Å². The molecule has 4 nitrogen and oxygen atoms in total. The van der Waals surface area contributed by atoms with Crippen LogP contribution >= 0.6 is 0 Å². The highest BCUT2D eigenvalue weighted by Gasteiger charge is 2.19. The minimum absolute atomic E-state index is 0.591. The van der Waals surface area contributed by atoms with Crippen LogP contribution in [0.2, 0.25) is 0 Å². The maximum Gasteiger partial charge on any atom is 0.231 e. The van der Waals surface area contributed by atoms with Crippen LogP contribution in [0, 0.1) is 0 Å². The van der Waals surface area contributed by atoms with Crippen LogP contribution in [0.4, 0.5) is 0 Å². The third kappa shape index (κ3) is 3.36. The minimum atomic E-state index is 0.591. The summed E-state index contributed by atoms with van der Waals surface area (Å²) in [6, 6.07) is 48.5. The van der Waals surface area contributed by atoms with E-state index in [2.05, 4.69) is 108 Å². The van der Waals surface area contributed by atoms with E-state index in [1.165, 1.54) is 32.6 Å². The van der Waals surface area contributed by atoms with E-state index in [1.807, 2.05) is 36.4 Å². The molecule has 0 bridgehead atoms. The molecule has 0 fully saturated rings. The predicted molar refractivity (Wildman–Crippen MR) is 172 cm³/mol. The lowest BCUT2D eigenvalue weighted by atomic mass is 10.0. The largest absolute Gasteiger partial charge is 0.438 e. The maximum absolute atomic E-state index is 6.28. The molecule has 3 heterocycles. The number of nitrogens with zero attached hydrogens (tertiary/aromatic N) is 3. The Labute approximate surface area is 241 Å². The van der Waals surface area contributed by atoms with E-state index in [1.54, 1.807) is 0 Å². The van der Waals surface area contributed by atoms with Crippen LogP contribution in [0.3, 0.4) is 0 Å². The van der Waals surface area contributed by atoms with Gasteiger partial charge in [-0.25, -0.2) is 4.98 Å². The molecular formula is C38H23N3O. The first kappa shape index (κ1) is 23.0. The summed E-state index contributed by atoms with van der Waals surface area (Å²) < 4.78 is 8.62. The first-order chi connectivity index (χ1) is 20.8. The molecule has 196 valence electrons. The van der Waals surface area contributed by atoms with Gasteiger partial charge in [0, 0.05) is 33.0 Å². The molecule has 0 radical (unpaired) electrons. The van der Waals surface area contributed by atoms with E-state index >= 15 is 0 Å². The van der Waals surface area contributed by atoms with Gasteiger partial charge in [0.1, 0.15) is 5.58 Å². The number of hydrogen-bond acceptors (Lipinski definition) is 3. The van der Waals surface area contributed by atoms with Crippen molar-refractivity contribution in [2.45, 2.75) is 0 Å². The van der Waals surface area contributed by atoms with Gasteiger partial charge in [-0.2, -0.15) is 4.98 Å². The summed E-state index contributed by atoms with van der Waals surface area (Å²) in [5.41, 5.74) is 7.63. The van der Waals surface area contributed by atoms with Gasteiger partial charge < -0.3 is 8.98 Å². The third-order valence-electron chi connectivity index (χ3n) is 8.21. The second-order valence-electron chi connectivity index (χ2n) is 10.6. The number of hydrogen-bond donors (Lipinski definition) is 0. The number of fused-ring (bicyclic) bond motifs is 8. The molecule has 9 aromatic rings. The summed E-state index contributed by atoms with van der Waals surface area (Å²) in [5, 5.41) is 6.95. The zero-order chi connectivity index (χ0) is 27.6. The van der Waals surface area contributed by atoms with Crippen molar-refractivity contribution in [2.75, 3.05) is 0 Å².